The average molecular weight is 422 g/mol. The van der Waals surface area contributed by atoms with Gasteiger partial charge in [-0.15, -0.1) is 0 Å². The lowest BCUT2D eigenvalue weighted by Crippen LogP contribution is -2.30. The first-order valence-corrected chi connectivity index (χ1v) is 10.1. The van der Waals surface area contributed by atoms with Crippen molar-refractivity contribution in [2.45, 2.75) is 25.3 Å². The summed E-state index contributed by atoms with van der Waals surface area (Å²) in [7, 11) is 2.20. The molecule has 0 atom stereocenters. The fraction of sp³-hybridized carbons (Fsp3) is 0.304. The number of aromatic nitrogens is 3. The molecule has 0 bridgehead atoms. The molecule has 0 unspecified atom stereocenters. The third kappa shape index (κ3) is 6.23. The van der Waals surface area contributed by atoms with Gasteiger partial charge < -0.3 is 19.7 Å². The van der Waals surface area contributed by atoms with Gasteiger partial charge in [-0.05, 0) is 50.7 Å². The van der Waals surface area contributed by atoms with Crippen LogP contribution < -0.4 is 0 Å². The van der Waals surface area contributed by atoms with Crippen LogP contribution in [0, 0.1) is 0 Å². The van der Waals surface area contributed by atoms with Gasteiger partial charge in [-0.2, -0.15) is 0 Å². The molecular formula is C23H26N4O4. The summed E-state index contributed by atoms with van der Waals surface area (Å²) in [4.78, 5) is 31.0. The minimum absolute atomic E-state index is 0.532. The normalized spacial score (nSPS) is 15.0. The first-order valence-electron chi connectivity index (χ1n) is 10.1. The summed E-state index contributed by atoms with van der Waals surface area (Å²) in [5.74, 6) is -0.778. The van der Waals surface area contributed by atoms with E-state index in [1.165, 1.54) is 24.2 Å². The number of carbonyl (C=O) groups is 2. The zero-order valence-corrected chi connectivity index (χ0v) is 17.4. The number of aliphatic carboxylic acids is 2. The largest absolute Gasteiger partial charge is 0.478 e. The van der Waals surface area contributed by atoms with E-state index in [0.29, 0.717) is 18.1 Å². The SMILES string of the molecule is CN1CCC(c2nc3cccnc3n2Cc2ccccc2)CC1.O=C(O)/C=C/C(=O)O. The highest BCUT2D eigenvalue weighted by Gasteiger charge is 2.24. The van der Waals surface area contributed by atoms with Crippen LogP contribution in [0.1, 0.15) is 30.1 Å². The summed E-state index contributed by atoms with van der Waals surface area (Å²) >= 11 is 0. The number of pyridine rings is 1. The third-order valence-electron chi connectivity index (χ3n) is 5.17. The lowest BCUT2D eigenvalue weighted by molar-refractivity contribution is -0.134. The molecule has 4 rings (SSSR count). The molecule has 0 saturated carbocycles. The zero-order chi connectivity index (χ0) is 22.2. The molecule has 1 aliphatic heterocycles. The topological polar surface area (TPSA) is 109 Å². The van der Waals surface area contributed by atoms with E-state index in [1.807, 2.05) is 12.3 Å². The Bertz CT molecular complexity index is 1040. The van der Waals surface area contributed by atoms with Gasteiger partial charge in [-0.25, -0.2) is 19.6 Å². The second-order valence-electron chi connectivity index (χ2n) is 7.48. The van der Waals surface area contributed by atoms with E-state index in [2.05, 4.69) is 57.9 Å². The maximum Gasteiger partial charge on any atom is 0.328 e. The molecule has 0 spiro atoms. The minimum Gasteiger partial charge on any atom is -0.478 e. The number of fused-ring (bicyclic) bond motifs is 1. The molecular weight excluding hydrogens is 396 g/mol. The standard InChI is InChI=1S/C19H22N4.C4H4O4/c1-22-12-9-16(10-13-22)18-21-17-8-5-11-20-19(17)23(18)14-15-6-3-2-4-7-15;5-3(6)1-2-4(7)8/h2-8,11,16H,9-10,12-14H2,1H3;1-2H,(H,5,6)(H,7,8)/b;2-1+. The van der Waals surface area contributed by atoms with E-state index in [-0.39, 0.29) is 0 Å². The summed E-state index contributed by atoms with van der Waals surface area (Å²) < 4.78 is 2.32. The van der Waals surface area contributed by atoms with Gasteiger partial charge in [-0.1, -0.05) is 30.3 Å². The molecule has 1 fully saturated rings. The highest BCUT2D eigenvalue weighted by atomic mass is 16.4. The number of likely N-dealkylation sites (tertiary alicyclic amines) is 1. The van der Waals surface area contributed by atoms with Crippen molar-refractivity contribution in [3.8, 4) is 0 Å². The Morgan fingerprint density at radius 3 is 2.29 bits per heavy atom. The van der Waals surface area contributed by atoms with Crippen LogP contribution in [0.15, 0.2) is 60.8 Å². The Kier molecular flexibility index (Phi) is 7.50. The van der Waals surface area contributed by atoms with E-state index in [0.717, 1.165) is 30.8 Å². The predicted molar refractivity (Wildman–Crippen MR) is 117 cm³/mol. The van der Waals surface area contributed by atoms with Gasteiger partial charge >= 0.3 is 11.9 Å². The molecule has 3 aromatic rings. The summed E-state index contributed by atoms with van der Waals surface area (Å²) in [6, 6.07) is 14.6. The molecule has 1 aliphatic rings. The van der Waals surface area contributed by atoms with Crippen molar-refractivity contribution in [2.75, 3.05) is 20.1 Å². The van der Waals surface area contributed by atoms with Gasteiger partial charge in [0.25, 0.3) is 0 Å². The van der Waals surface area contributed by atoms with Crippen LogP contribution in [-0.2, 0) is 16.1 Å². The number of hydrogen-bond acceptors (Lipinski definition) is 5. The summed E-state index contributed by atoms with van der Waals surface area (Å²) in [5, 5.41) is 15.6. The van der Waals surface area contributed by atoms with Gasteiger partial charge in [0.1, 0.15) is 11.3 Å². The molecule has 31 heavy (non-hydrogen) atoms. The van der Waals surface area contributed by atoms with E-state index >= 15 is 0 Å². The van der Waals surface area contributed by atoms with Crippen molar-refractivity contribution < 1.29 is 19.8 Å². The lowest BCUT2D eigenvalue weighted by Gasteiger charge is -2.28. The van der Waals surface area contributed by atoms with Crippen LogP contribution in [0.2, 0.25) is 0 Å². The molecule has 2 aromatic heterocycles. The van der Waals surface area contributed by atoms with E-state index in [9.17, 15) is 9.59 Å². The predicted octanol–water partition coefficient (Wildman–Crippen LogP) is 3.00. The summed E-state index contributed by atoms with van der Waals surface area (Å²) in [6.07, 6.45) is 5.33. The number of piperidine rings is 1. The quantitative estimate of drug-likeness (QED) is 0.609. The van der Waals surface area contributed by atoms with Crippen molar-refractivity contribution >= 4 is 23.1 Å². The third-order valence-corrected chi connectivity index (χ3v) is 5.17. The first-order chi connectivity index (χ1) is 14.9. The van der Waals surface area contributed by atoms with Crippen LogP contribution >= 0.6 is 0 Å². The molecule has 0 radical (unpaired) electrons. The van der Waals surface area contributed by atoms with Crippen molar-refractivity contribution in [1.82, 2.24) is 19.4 Å². The fourth-order valence-corrected chi connectivity index (χ4v) is 3.62. The Labute approximate surface area is 180 Å². The van der Waals surface area contributed by atoms with E-state index < -0.39 is 11.9 Å². The maximum absolute atomic E-state index is 9.55. The van der Waals surface area contributed by atoms with Crippen LogP contribution in [0.3, 0.4) is 0 Å². The second-order valence-corrected chi connectivity index (χ2v) is 7.48. The van der Waals surface area contributed by atoms with Crippen molar-refractivity contribution in [3.05, 3.63) is 72.2 Å². The Morgan fingerprint density at radius 2 is 1.68 bits per heavy atom. The van der Waals surface area contributed by atoms with Crippen molar-refractivity contribution in [3.63, 3.8) is 0 Å². The van der Waals surface area contributed by atoms with Crippen LogP contribution in [0.5, 0.6) is 0 Å². The van der Waals surface area contributed by atoms with E-state index in [4.69, 9.17) is 15.2 Å². The zero-order valence-electron chi connectivity index (χ0n) is 17.4. The number of rotatable bonds is 5. The average Bonchev–Trinajstić information content (AvgIpc) is 3.12. The smallest absolute Gasteiger partial charge is 0.328 e. The molecule has 3 heterocycles. The highest BCUT2D eigenvalue weighted by molar-refractivity contribution is 5.89. The number of benzene rings is 1. The molecule has 162 valence electrons. The second kappa shape index (κ2) is 10.5. The number of hydrogen-bond donors (Lipinski definition) is 2. The highest BCUT2D eigenvalue weighted by Crippen LogP contribution is 2.29. The first kappa shape index (κ1) is 22.2. The number of carboxylic acids is 2. The van der Waals surface area contributed by atoms with Crippen molar-refractivity contribution in [2.24, 2.45) is 0 Å². The van der Waals surface area contributed by atoms with E-state index in [1.54, 1.807) is 0 Å². The molecule has 0 amide bonds. The van der Waals surface area contributed by atoms with Crippen LogP contribution in [0.25, 0.3) is 11.2 Å². The van der Waals surface area contributed by atoms with Gasteiger partial charge in [0.15, 0.2) is 5.65 Å². The van der Waals surface area contributed by atoms with Crippen molar-refractivity contribution in [1.29, 1.82) is 0 Å². The molecule has 0 aliphatic carbocycles. The fourth-order valence-electron chi connectivity index (χ4n) is 3.62. The monoisotopic (exact) mass is 422 g/mol. The summed E-state index contributed by atoms with van der Waals surface area (Å²) in [5.41, 5.74) is 3.31. The number of nitrogens with zero attached hydrogens (tertiary/aromatic N) is 4. The van der Waals surface area contributed by atoms with Gasteiger partial charge in [0, 0.05) is 24.3 Å². The lowest BCUT2D eigenvalue weighted by atomic mass is 9.96. The molecule has 8 nitrogen and oxygen atoms in total. The molecule has 2 N–H and O–H groups in total. The van der Waals surface area contributed by atoms with Crippen LogP contribution in [0.4, 0.5) is 0 Å². The molecule has 1 aromatic carbocycles. The minimum atomic E-state index is -1.26. The Hall–Kier alpha value is -3.52. The van der Waals surface area contributed by atoms with Crippen LogP contribution in [-0.4, -0.2) is 61.7 Å². The number of imidazole rings is 1. The summed E-state index contributed by atoms with van der Waals surface area (Å²) in [6.45, 7) is 3.13. The van der Waals surface area contributed by atoms with Gasteiger partial charge in [-0.3, -0.25) is 0 Å². The molecule has 8 heteroatoms. The number of carboxylic acid groups (broad SMARTS) is 2. The van der Waals surface area contributed by atoms with Gasteiger partial charge in [0.2, 0.25) is 0 Å². The maximum atomic E-state index is 9.55. The Balaban J connectivity index is 0.000000293. The van der Waals surface area contributed by atoms with Gasteiger partial charge in [0.05, 0.1) is 6.54 Å². The molecule has 1 saturated heterocycles. The Morgan fingerprint density at radius 1 is 1.03 bits per heavy atom.